The Morgan fingerprint density at radius 2 is 0.883 bits per heavy atom. The predicted octanol–water partition coefficient (Wildman–Crippen LogP) is 17.1. The van der Waals surface area contributed by atoms with E-state index < -0.39 is 0 Å². The second-order valence-corrected chi connectivity index (χ2v) is 17.3. The molecule has 2 nitrogen and oxygen atoms in total. The van der Waals surface area contributed by atoms with Gasteiger partial charge in [0.1, 0.15) is 0 Å². The van der Waals surface area contributed by atoms with Gasteiger partial charge in [0, 0.05) is 63.8 Å². The topological polar surface area (TPSA) is 6.48 Å². The highest BCUT2D eigenvalue weighted by atomic mass is 32.1. The molecule has 11 rings (SSSR count). The van der Waals surface area contributed by atoms with Gasteiger partial charge in [-0.15, -0.1) is 22.7 Å². The number of para-hydroxylation sites is 3. The lowest BCUT2D eigenvalue weighted by Gasteiger charge is -2.33. The quantitative estimate of drug-likeness (QED) is 0.106. The highest BCUT2D eigenvalue weighted by molar-refractivity contribution is 7.25. The zero-order valence-electron chi connectivity index (χ0n) is 32.9. The van der Waals surface area contributed by atoms with E-state index in [-0.39, 0.29) is 0 Å². The molecule has 0 atom stereocenters. The van der Waals surface area contributed by atoms with E-state index in [1.807, 2.05) is 22.7 Å². The van der Waals surface area contributed by atoms with Crippen LogP contribution in [0.25, 0.3) is 63.0 Å². The molecule has 0 fully saturated rings. The van der Waals surface area contributed by atoms with Crippen molar-refractivity contribution >= 4 is 83.4 Å². The van der Waals surface area contributed by atoms with Gasteiger partial charge in [-0.05, 0) is 108 Å². The molecule has 1 aliphatic carbocycles. The Hall–Kier alpha value is -6.98. The van der Waals surface area contributed by atoms with E-state index in [4.69, 9.17) is 0 Å². The lowest BCUT2D eigenvalue weighted by atomic mass is 9.93. The standard InChI is InChI=1S/C56H40N2S2/c1-5-20-41(21-6-1)57(42-22-7-2-8-23-42)55-47-29-15-16-30-48(47)56(58(43-24-9-3-10-25-43)44-26-11-4-12-27-44)50-38-40(32-33-49(50)55)51-34-36-53(59-51)54-37-35-52(60-54)46-31-17-19-39-18-13-14-28-45(39)46/h1-3,5-11,13-38H,4,12H2. The third-order valence-corrected chi connectivity index (χ3v) is 13.9. The Morgan fingerprint density at radius 1 is 0.367 bits per heavy atom. The summed E-state index contributed by atoms with van der Waals surface area (Å²) in [5.41, 5.74) is 9.42. The third-order valence-electron chi connectivity index (χ3n) is 11.5. The van der Waals surface area contributed by atoms with Crippen molar-refractivity contribution in [3.63, 3.8) is 0 Å². The Balaban J connectivity index is 1.14. The summed E-state index contributed by atoms with van der Waals surface area (Å²) in [5, 5.41) is 7.35. The molecule has 0 bridgehead atoms. The lowest BCUT2D eigenvalue weighted by molar-refractivity contribution is 0.999. The van der Waals surface area contributed by atoms with Crippen LogP contribution in [0.1, 0.15) is 12.8 Å². The predicted molar refractivity (Wildman–Crippen MR) is 261 cm³/mol. The van der Waals surface area contributed by atoms with Crippen molar-refractivity contribution in [3.8, 4) is 30.6 Å². The first-order valence-corrected chi connectivity index (χ1v) is 22.2. The second-order valence-electron chi connectivity index (χ2n) is 15.1. The first kappa shape index (κ1) is 36.1. The molecule has 0 aliphatic heterocycles. The summed E-state index contributed by atoms with van der Waals surface area (Å²) in [7, 11) is 0. The van der Waals surface area contributed by atoms with Gasteiger partial charge in [-0.1, -0.05) is 146 Å². The minimum atomic E-state index is 1.01. The maximum atomic E-state index is 2.49. The fraction of sp³-hybridized carbons (Fsp3) is 0.0357. The van der Waals surface area contributed by atoms with Crippen LogP contribution in [0.2, 0.25) is 0 Å². The number of rotatable bonds is 9. The van der Waals surface area contributed by atoms with E-state index in [9.17, 15) is 0 Å². The third kappa shape index (κ3) is 6.51. The van der Waals surface area contributed by atoms with Crippen molar-refractivity contribution in [2.75, 3.05) is 9.80 Å². The van der Waals surface area contributed by atoms with Crippen LogP contribution in [0.15, 0.2) is 224 Å². The maximum absolute atomic E-state index is 2.49. The van der Waals surface area contributed by atoms with E-state index in [0.717, 1.165) is 29.9 Å². The smallest absolute Gasteiger partial charge is 0.0620 e. The number of hydrogen-bond donors (Lipinski definition) is 0. The van der Waals surface area contributed by atoms with E-state index >= 15 is 0 Å². The first-order chi connectivity index (χ1) is 29.8. The first-order valence-electron chi connectivity index (χ1n) is 20.6. The summed E-state index contributed by atoms with van der Waals surface area (Å²) in [6.45, 7) is 0. The van der Waals surface area contributed by atoms with Gasteiger partial charge in [-0.2, -0.15) is 0 Å². The van der Waals surface area contributed by atoms with Crippen molar-refractivity contribution in [1.82, 2.24) is 0 Å². The lowest BCUT2D eigenvalue weighted by Crippen LogP contribution is -2.18. The average Bonchev–Trinajstić information content (AvgIpc) is 4.02. The number of hydrogen-bond acceptors (Lipinski definition) is 4. The molecule has 60 heavy (non-hydrogen) atoms. The molecule has 0 amide bonds. The van der Waals surface area contributed by atoms with Gasteiger partial charge < -0.3 is 9.80 Å². The van der Waals surface area contributed by atoms with Crippen LogP contribution in [0, 0.1) is 0 Å². The SMILES string of the molecule is C1=CC(N(c2ccccc2)c2c3ccccc3c(N(c3ccccc3)c3ccccc3)c3ccc(-c4ccc(-c5ccc(-c6cccc7ccccc67)s5)s4)cc23)=CCC1. The average molecular weight is 805 g/mol. The number of benzene rings is 8. The van der Waals surface area contributed by atoms with Crippen molar-refractivity contribution in [2.24, 2.45) is 0 Å². The van der Waals surface area contributed by atoms with Gasteiger partial charge in [-0.3, -0.25) is 0 Å². The van der Waals surface area contributed by atoms with Crippen LogP contribution < -0.4 is 9.80 Å². The van der Waals surface area contributed by atoms with Gasteiger partial charge in [0.05, 0.1) is 11.4 Å². The molecular weight excluding hydrogens is 765 g/mol. The van der Waals surface area contributed by atoms with Crippen molar-refractivity contribution in [1.29, 1.82) is 0 Å². The van der Waals surface area contributed by atoms with Crippen LogP contribution in [-0.4, -0.2) is 0 Å². The Morgan fingerprint density at radius 3 is 1.53 bits per heavy atom. The minimum Gasteiger partial charge on any atom is -0.310 e. The van der Waals surface area contributed by atoms with Gasteiger partial charge >= 0.3 is 0 Å². The molecule has 0 radical (unpaired) electrons. The molecule has 0 spiro atoms. The van der Waals surface area contributed by atoms with E-state index in [0.29, 0.717) is 0 Å². The molecule has 2 aromatic heterocycles. The van der Waals surface area contributed by atoms with E-state index in [1.54, 1.807) is 0 Å². The second kappa shape index (κ2) is 15.6. The zero-order valence-corrected chi connectivity index (χ0v) is 34.5. The van der Waals surface area contributed by atoms with Crippen molar-refractivity contribution < 1.29 is 0 Å². The van der Waals surface area contributed by atoms with Gasteiger partial charge in [-0.25, -0.2) is 0 Å². The molecule has 2 heterocycles. The monoisotopic (exact) mass is 804 g/mol. The Kier molecular flexibility index (Phi) is 9.42. The van der Waals surface area contributed by atoms with Crippen LogP contribution >= 0.6 is 22.7 Å². The van der Waals surface area contributed by atoms with Crippen LogP contribution in [0.4, 0.5) is 28.4 Å². The molecule has 4 heteroatoms. The summed E-state index contributed by atoms with van der Waals surface area (Å²) in [5.74, 6) is 0. The highest BCUT2D eigenvalue weighted by Crippen LogP contribution is 2.52. The number of thiophene rings is 2. The van der Waals surface area contributed by atoms with E-state index in [1.165, 1.54) is 80.0 Å². The maximum Gasteiger partial charge on any atom is 0.0620 e. The molecule has 8 aromatic carbocycles. The normalized spacial score (nSPS) is 12.6. The van der Waals surface area contributed by atoms with Gasteiger partial charge in [0.25, 0.3) is 0 Å². The fourth-order valence-electron chi connectivity index (χ4n) is 8.76. The van der Waals surface area contributed by atoms with Crippen LogP contribution in [0.5, 0.6) is 0 Å². The number of allylic oxidation sites excluding steroid dienone is 3. The molecule has 0 unspecified atom stereocenters. The number of nitrogens with zero attached hydrogens (tertiary/aromatic N) is 2. The summed E-state index contributed by atoms with van der Waals surface area (Å²) < 4.78 is 0. The zero-order chi connectivity index (χ0) is 39.8. The van der Waals surface area contributed by atoms with Gasteiger partial charge in [0.15, 0.2) is 0 Å². The van der Waals surface area contributed by atoms with Crippen LogP contribution in [0.3, 0.4) is 0 Å². The summed E-state index contributed by atoms with van der Waals surface area (Å²) in [4.78, 5) is 10.0. The molecule has 0 saturated carbocycles. The number of fused-ring (bicyclic) bond motifs is 3. The Labute approximate surface area is 358 Å². The molecule has 0 N–H and O–H groups in total. The molecule has 0 saturated heterocycles. The largest absolute Gasteiger partial charge is 0.310 e. The van der Waals surface area contributed by atoms with Gasteiger partial charge in [0.2, 0.25) is 0 Å². The number of anilines is 5. The van der Waals surface area contributed by atoms with Crippen molar-refractivity contribution in [3.05, 3.63) is 224 Å². The fourth-order valence-corrected chi connectivity index (χ4v) is 10.9. The molecular formula is C56H40N2S2. The van der Waals surface area contributed by atoms with Crippen LogP contribution in [-0.2, 0) is 0 Å². The molecule has 286 valence electrons. The highest BCUT2D eigenvalue weighted by Gasteiger charge is 2.26. The minimum absolute atomic E-state index is 1.01. The summed E-state index contributed by atoms with van der Waals surface area (Å²) >= 11 is 3.74. The summed E-state index contributed by atoms with van der Waals surface area (Å²) in [6, 6.07) is 73.1. The van der Waals surface area contributed by atoms with E-state index in [2.05, 4.69) is 228 Å². The Bertz CT molecular complexity index is 3170. The van der Waals surface area contributed by atoms with Crippen molar-refractivity contribution in [2.45, 2.75) is 12.8 Å². The molecule has 10 aromatic rings. The summed E-state index contributed by atoms with van der Waals surface area (Å²) in [6.07, 6.45) is 9.06. The molecule has 1 aliphatic rings.